The van der Waals surface area contributed by atoms with Crippen molar-refractivity contribution in [1.82, 2.24) is 4.90 Å². The van der Waals surface area contributed by atoms with Crippen LogP contribution in [0.1, 0.15) is 26.3 Å². The van der Waals surface area contributed by atoms with E-state index in [2.05, 4.69) is 0 Å². The highest BCUT2D eigenvalue weighted by atomic mass is 16.5. The summed E-state index contributed by atoms with van der Waals surface area (Å²) in [7, 11) is 1.59. The first-order chi connectivity index (χ1) is 15.4. The quantitative estimate of drug-likeness (QED) is 0.646. The van der Waals surface area contributed by atoms with Gasteiger partial charge in [-0.2, -0.15) is 0 Å². The average Bonchev–Trinajstić information content (AvgIpc) is 3.03. The van der Waals surface area contributed by atoms with E-state index in [-0.39, 0.29) is 24.0 Å². The zero-order chi connectivity index (χ0) is 22.8. The molecule has 0 spiro atoms. The Morgan fingerprint density at radius 3 is 2.28 bits per heavy atom. The molecule has 2 atom stereocenters. The maximum Gasteiger partial charge on any atom is 0.282 e. The fourth-order valence-corrected chi connectivity index (χ4v) is 4.30. The van der Waals surface area contributed by atoms with E-state index in [1.807, 2.05) is 43.9 Å². The van der Waals surface area contributed by atoms with Crippen molar-refractivity contribution in [2.75, 3.05) is 31.7 Å². The Morgan fingerprint density at radius 2 is 1.66 bits per heavy atom. The number of hydrogen-bond donors (Lipinski definition) is 0. The van der Waals surface area contributed by atoms with Gasteiger partial charge in [-0.25, -0.2) is 4.90 Å². The molecule has 2 heterocycles. The molecule has 2 unspecified atom stereocenters. The topological polar surface area (TPSA) is 68.3 Å². The zero-order valence-electron chi connectivity index (χ0n) is 18.8. The Bertz CT molecular complexity index is 1040. The molecule has 0 bridgehead atoms. The molecule has 2 aliphatic rings. The monoisotopic (exact) mass is 436 g/mol. The van der Waals surface area contributed by atoms with Crippen LogP contribution in [0.2, 0.25) is 0 Å². The number of imide groups is 1. The second-order valence-corrected chi connectivity index (χ2v) is 7.99. The van der Waals surface area contributed by atoms with E-state index < -0.39 is 0 Å². The molecule has 0 radical (unpaired) electrons. The lowest BCUT2D eigenvalue weighted by atomic mass is 10.0. The number of morpholine rings is 1. The van der Waals surface area contributed by atoms with Gasteiger partial charge in [-0.1, -0.05) is 18.2 Å². The molecule has 1 saturated heterocycles. The van der Waals surface area contributed by atoms with E-state index in [1.165, 1.54) is 4.90 Å². The zero-order valence-corrected chi connectivity index (χ0v) is 18.8. The smallest absolute Gasteiger partial charge is 0.282 e. The summed E-state index contributed by atoms with van der Waals surface area (Å²) in [6, 6.07) is 14.3. The SMILES string of the molecule is CCOc1cccc(N2C(=O)C(c3ccc(OC)cc3)=C(N3CC(C)OC(C)C3)C2=O)c1. The van der Waals surface area contributed by atoms with Crippen molar-refractivity contribution in [3.63, 3.8) is 0 Å². The number of anilines is 1. The molecule has 0 saturated carbocycles. The minimum absolute atomic E-state index is 0.0541. The summed E-state index contributed by atoms with van der Waals surface area (Å²) in [6.45, 7) is 7.40. The average molecular weight is 437 g/mol. The maximum atomic E-state index is 13.7. The van der Waals surface area contributed by atoms with E-state index in [4.69, 9.17) is 14.2 Å². The van der Waals surface area contributed by atoms with E-state index in [1.54, 1.807) is 37.4 Å². The second kappa shape index (κ2) is 9.04. The molecule has 2 aromatic rings. The molecule has 2 aromatic carbocycles. The molecule has 168 valence electrons. The number of carbonyl (C=O) groups is 2. The highest BCUT2D eigenvalue weighted by molar-refractivity contribution is 6.45. The predicted octanol–water partition coefficient (Wildman–Crippen LogP) is 3.49. The van der Waals surface area contributed by atoms with Crippen LogP contribution in [0.25, 0.3) is 5.57 Å². The van der Waals surface area contributed by atoms with Gasteiger partial charge in [0.1, 0.15) is 17.2 Å². The molecule has 7 nitrogen and oxygen atoms in total. The molecule has 1 fully saturated rings. The summed E-state index contributed by atoms with van der Waals surface area (Å²) in [5.74, 6) is 0.604. The normalized spacial score (nSPS) is 21.4. The van der Waals surface area contributed by atoms with Crippen molar-refractivity contribution >= 4 is 23.1 Å². The van der Waals surface area contributed by atoms with Gasteiger partial charge in [0.2, 0.25) is 0 Å². The molecule has 7 heteroatoms. The maximum absolute atomic E-state index is 13.7. The Morgan fingerprint density at radius 1 is 0.969 bits per heavy atom. The number of rotatable bonds is 6. The number of ether oxygens (including phenoxy) is 3. The molecule has 4 rings (SSSR count). The van der Waals surface area contributed by atoms with Crippen LogP contribution in [0, 0.1) is 0 Å². The highest BCUT2D eigenvalue weighted by Gasteiger charge is 2.44. The minimum atomic E-state index is -0.351. The third-order valence-electron chi connectivity index (χ3n) is 5.56. The van der Waals surface area contributed by atoms with Crippen LogP contribution < -0.4 is 14.4 Å². The minimum Gasteiger partial charge on any atom is -0.497 e. The van der Waals surface area contributed by atoms with Crippen molar-refractivity contribution in [2.45, 2.75) is 33.0 Å². The van der Waals surface area contributed by atoms with Crippen LogP contribution in [-0.2, 0) is 14.3 Å². The van der Waals surface area contributed by atoms with Gasteiger partial charge in [0, 0.05) is 19.2 Å². The van der Waals surface area contributed by atoms with E-state index in [0.717, 1.165) is 0 Å². The van der Waals surface area contributed by atoms with Crippen molar-refractivity contribution in [2.24, 2.45) is 0 Å². The first-order valence-electron chi connectivity index (χ1n) is 10.8. The van der Waals surface area contributed by atoms with Gasteiger partial charge in [0.05, 0.1) is 37.2 Å². The molecule has 0 N–H and O–H groups in total. The van der Waals surface area contributed by atoms with Gasteiger partial charge in [0.15, 0.2) is 0 Å². The van der Waals surface area contributed by atoms with Gasteiger partial charge < -0.3 is 19.1 Å². The van der Waals surface area contributed by atoms with Gasteiger partial charge in [-0.15, -0.1) is 0 Å². The van der Waals surface area contributed by atoms with Crippen LogP contribution in [0.4, 0.5) is 5.69 Å². The van der Waals surface area contributed by atoms with E-state index in [0.29, 0.717) is 53.7 Å². The number of carbonyl (C=O) groups excluding carboxylic acids is 2. The van der Waals surface area contributed by atoms with Crippen molar-refractivity contribution < 1.29 is 23.8 Å². The fraction of sp³-hybridized carbons (Fsp3) is 0.360. The molecule has 32 heavy (non-hydrogen) atoms. The van der Waals surface area contributed by atoms with Gasteiger partial charge in [-0.3, -0.25) is 9.59 Å². The lowest BCUT2D eigenvalue weighted by molar-refractivity contribution is -0.121. The van der Waals surface area contributed by atoms with E-state index >= 15 is 0 Å². The Labute approximate surface area is 188 Å². The fourth-order valence-electron chi connectivity index (χ4n) is 4.30. The van der Waals surface area contributed by atoms with Crippen LogP contribution in [0.15, 0.2) is 54.2 Å². The van der Waals surface area contributed by atoms with Crippen molar-refractivity contribution in [3.8, 4) is 11.5 Å². The van der Waals surface area contributed by atoms with Gasteiger partial charge in [-0.05, 0) is 50.6 Å². The standard InChI is InChI=1S/C25H28N2O5/c1-5-31-21-8-6-7-19(13-21)27-24(28)22(18-9-11-20(30-4)12-10-18)23(25(27)29)26-14-16(2)32-17(3)15-26/h6-13,16-17H,5,14-15H2,1-4H3. The molecule has 2 amide bonds. The summed E-state index contributed by atoms with van der Waals surface area (Å²) < 4.78 is 16.7. The lowest BCUT2D eigenvalue weighted by Crippen LogP contribution is -2.47. The number of benzene rings is 2. The molecule has 0 aromatic heterocycles. The van der Waals surface area contributed by atoms with Crippen LogP contribution >= 0.6 is 0 Å². The third-order valence-corrected chi connectivity index (χ3v) is 5.56. The Kier molecular flexibility index (Phi) is 6.19. The summed E-state index contributed by atoms with van der Waals surface area (Å²) in [5.41, 5.74) is 1.96. The number of amides is 2. The third kappa shape index (κ3) is 4.08. The first-order valence-corrected chi connectivity index (χ1v) is 10.8. The largest absolute Gasteiger partial charge is 0.497 e. The van der Waals surface area contributed by atoms with Crippen molar-refractivity contribution in [3.05, 3.63) is 59.8 Å². The van der Waals surface area contributed by atoms with Crippen LogP contribution in [-0.4, -0.2) is 55.7 Å². The summed E-state index contributed by atoms with van der Waals surface area (Å²) in [6.07, 6.45) is -0.108. The van der Waals surface area contributed by atoms with Crippen LogP contribution in [0.3, 0.4) is 0 Å². The van der Waals surface area contributed by atoms with Crippen LogP contribution in [0.5, 0.6) is 11.5 Å². The summed E-state index contributed by atoms with van der Waals surface area (Å²) >= 11 is 0. The molecule has 0 aliphatic carbocycles. The highest BCUT2D eigenvalue weighted by Crippen LogP contribution is 2.37. The predicted molar refractivity (Wildman–Crippen MR) is 122 cm³/mol. The number of hydrogen-bond acceptors (Lipinski definition) is 6. The summed E-state index contributed by atoms with van der Waals surface area (Å²) in [5, 5.41) is 0. The van der Waals surface area contributed by atoms with Crippen molar-refractivity contribution in [1.29, 1.82) is 0 Å². The summed E-state index contributed by atoms with van der Waals surface area (Å²) in [4.78, 5) is 30.6. The molecule has 2 aliphatic heterocycles. The lowest BCUT2D eigenvalue weighted by Gasteiger charge is -2.37. The second-order valence-electron chi connectivity index (χ2n) is 7.99. The molecular formula is C25H28N2O5. The Hall–Kier alpha value is -3.32. The van der Waals surface area contributed by atoms with E-state index in [9.17, 15) is 9.59 Å². The molecular weight excluding hydrogens is 408 g/mol. The number of nitrogens with zero attached hydrogens (tertiary/aromatic N) is 2. The number of methoxy groups -OCH3 is 1. The first kappa shape index (κ1) is 21.9. The van der Waals surface area contributed by atoms with Gasteiger partial charge >= 0.3 is 0 Å². The van der Waals surface area contributed by atoms with Gasteiger partial charge in [0.25, 0.3) is 11.8 Å². The Balaban J connectivity index is 1.80.